The van der Waals surface area contributed by atoms with E-state index in [1.165, 1.54) is 18.4 Å². The van der Waals surface area contributed by atoms with Crippen LogP contribution in [0.25, 0.3) is 0 Å². The van der Waals surface area contributed by atoms with Crippen LogP contribution in [-0.2, 0) is 4.74 Å². The minimum atomic E-state index is -0.152. The molecule has 0 aromatic heterocycles. The molecule has 1 aromatic carbocycles. The Kier molecular flexibility index (Phi) is 5.41. The standard InChI is InChI=1S/C16H24N2O2/c1-12-5-3-6-15(13(12)2)18-16(19)17-9-4-10-20-11-14-7-8-14/h3,5-6,14H,4,7-11H2,1-2H3,(H2,17,18,19). The molecule has 0 spiro atoms. The molecule has 2 rings (SSSR count). The SMILES string of the molecule is Cc1cccc(NC(=O)NCCCOCC2CC2)c1C. The van der Waals surface area contributed by atoms with Crippen LogP contribution in [0.3, 0.4) is 0 Å². The van der Waals surface area contributed by atoms with Gasteiger partial charge in [-0.15, -0.1) is 0 Å². The van der Waals surface area contributed by atoms with Crippen LogP contribution in [0.15, 0.2) is 18.2 Å². The second-order valence-electron chi connectivity index (χ2n) is 5.50. The van der Waals surface area contributed by atoms with Crippen LogP contribution < -0.4 is 10.6 Å². The fraction of sp³-hybridized carbons (Fsp3) is 0.562. The van der Waals surface area contributed by atoms with Crippen LogP contribution in [0.2, 0.25) is 0 Å². The molecule has 1 aromatic rings. The molecule has 4 nitrogen and oxygen atoms in total. The lowest BCUT2D eigenvalue weighted by Crippen LogP contribution is -2.30. The number of rotatable bonds is 7. The quantitative estimate of drug-likeness (QED) is 0.751. The van der Waals surface area contributed by atoms with Crippen LogP contribution in [0.5, 0.6) is 0 Å². The summed E-state index contributed by atoms with van der Waals surface area (Å²) in [6, 6.07) is 5.75. The molecular formula is C16H24N2O2. The Morgan fingerprint density at radius 1 is 1.35 bits per heavy atom. The molecule has 1 saturated carbocycles. The maximum absolute atomic E-state index is 11.8. The van der Waals surface area contributed by atoms with Crippen molar-refractivity contribution in [2.75, 3.05) is 25.1 Å². The van der Waals surface area contributed by atoms with E-state index in [0.717, 1.165) is 36.8 Å². The molecule has 2 N–H and O–H groups in total. The van der Waals surface area contributed by atoms with Gasteiger partial charge in [0.2, 0.25) is 0 Å². The molecule has 1 aliphatic carbocycles. The fourth-order valence-corrected chi connectivity index (χ4v) is 1.96. The highest BCUT2D eigenvalue weighted by molar-refractivity contribution is 5.90. The average molecular weight is 276 g/mol. The van der Waals surface area contributed by atoms with Crippen molar-refractivity contribution in [1.82, 2.24) is 5.32 Å². The Morgan fingerprint density at radius 2 is 2.15 bits per heavy atom. The predicted octanol–water partition coefficient (Wildman–Crippen LogP) is 3.24. The van der Waals surface area contributed by atoms with Gasteiger partial charge in [0.1, 0.15) is 0 Å². The molecule has 4 heteroatoms. The molecule has 0 radical (unpaired) electrons. The topological polar surface area (TPSA) is 50.4 Å². The highest BCUT2D eigenvalue weighted by Gasteiger charge is 2.20. The minimum Gasteiger partial charge on any atom is -0.381 e. The second-order valence-corrected chi connectivity index (χ2v) is 5.50. The van der Waals surface area contributed by atoms with Gasteiger partial charge in [0.05, 0.1) is 0 Å². The van der Waals surface area contributed by atoms with Gasteiger partial charge in [0.25, 0.3) is 0 Å². The van der Waals surface area contributed by atoms with Crippen molar-refractivity contribution in [2.24, 2.45) is 5.92 Å². The van der Waals surface area contributed by atoms with Crippen LogP contribution in [0.4, 0.5) is 10.5 Å². The summed E-state index contributed by atoms with van der Waals surface area (Å²) < 4.78 is 5.52. The largest absolute Gasteiger partial charge is 0.381 e. The van der Waals surface area contributed by atoms with Crippen molar-refractivity contribution < 1.29 is 9.53 Å². The summed E-state index contributed by atoms with van der Waals surface area (Å²) in [7, 11) is 0. The Hall–Kier alpha value is -1.55. The van der Waals surface area contributed by atoms with Gasteiger partial charge < -0.3 is 15.4 Å². The van der Waals surface area contributed by atoms with Crippen LogP contribution in [0, 0.1) is 19.8 Å². The molecule has 0 aliphatic heterocycles. The van der Waals surface area contributed by atoms with E-state index in [2.05, 4.69) is 10.6 Å². The minimum absolute atomic E-state index is 0.152. The van der Waals surface area contributed by atoms with Gasteiger partial charge in [-0.25, -0.2) is 4.79 Å². The molecule has 0 saturated heterocycles. The summed E-state index contributed by atoms with van der Waals surface area (Å²) in [4.78, 5) is 11.8. The number of nitrogens with one attached hydrogen (secondary N) is 2. The van der Waals surface area contributed by atoms with Crippen molar-refractivity contribution in [1.29, 1.82) is 0 Å². The maximum atomic E-state index is 11.8. The van der Waals surface area contributed by atoms with Crippen LogP contribution >= 0.6 is 0 Å². The molecule has 0 heterocycles. The van der Waals surface area contributed by atoms with Gasteiger partial charge >= 0.3 is 6.03 Å². The van der Waals surface area contributed by atoms with Gasteiger partial charge in [0.15, 0.2) is 0 Å². The number of aryl methyl sites for hydroxylation is 1. The number of hydrogen-bond acceptors (Lipinski definition) is 2. The second kappa shape index (κ2) is 7.29. The summed E-state index contributed by atoms with van der Waals surface area (Å²) >= 11 is 0. The Balaban J connectivity index is 1.60. The first-order chi connectivity index (χ1) is 9.66. The lowest BCUT2D eigenvalue weighted by Gasteiger charge is -2.11. The third kappa shape index (κ3) is 4.85. The van der Waals surface area contributed by atoms with E-state index in [0.29, 0.717) is 6.54 Å². The lowest BCUT2D eigenvalue weighted by molar-refractivity contribution is 0.122. The van der Waals surface area contributed by atoms with Crippen molar-refractivity contribution in [3.05, 3.63) is 29.3 Å². The lowest BCUT2D eigenvalue weighted by atomic mass is 10.1. The van der Waals surface area contributed by atoms with Gasteiger partial charge in [-0.1, -0.05) is 12.1 Å². The summed E-state index contributed by atoms with van der Waals surface area (Å²) in [6.07, 6.45) is 3.49. The average Bonchev–Trinajstić information content (AvgIpc) is 3.23. The molecular weight excluding hydrogens is 252 g/mol. The zero-order valence-electron chi connectivity index (χ0n) is 12.4. The molecule has 0 atom stereocenters. The molecule has 1 fully saturated rings. The summed E-state index contributed by atoms with van der Waals surface area (Å²) in [5.41, 5.74) is 3.15. The monoisotopic (exact) mass is 276 g/mol. The van der Waals surface area contributed by atoms with E-state index in [9.17, 15) is 4.79 Å². The Bertz CT molecular complexity index is 456. The highest BCUT2D eigenvalue weighted by atomic mass is 16.5. The zero-order valence-corrected chi connectivity index (χ0v) is 12.4. The van der Waals surface area contributed by atoms with E-state index < -0.39 is 0 Å². The fourth-order valence-electron chi connectivity index (χ4n) is 1.96. The third-order valence-electron chi connectivity index (χ3n) is 3.65. The van der Waals surface area contributed by atoms with Gasteiger partial charge in [-0.2, -0.15) is 0 Å². The van der Waals surface area contributed by atoms with E-state index in [4.69, 9.17) is 4.74 Å². The van der Waals surface area contributed by atoms with Crippen molar-refractivity contribution in [3.63, 3.8) is 0 Å². The van der Waals surface area contributed by atoms with E-state index in [-0.39, 0.29) is 6.03 Å². The maximum Gasteiger partial charge on any atom is 0.319 e. The highest BCUT2D eigenvalue weighted by Crippen LogP contribution is 2.28. The Labute approximate surface area is 120 Å². The zero-order chi connectivity index (χ0) is 14.4. The van der Waals surface area contributed by atoms with Gasteiger partial charge in [0, 0.05) is 25.4 Å². The molecule has 1 aliphatic rings. The predicted molar refractivity (Wildman–Crippen MR) is 81.1 cm³/mol. The number of anilines is 1. The summed E-state index contributed by atoms with van der Waals surface area (Å²) in [6.45, 7) is 6.29. The van der Waals surface area contributed by atoms with Crippen LogP contribution in [0.1, 0.15) is 30.4 Å². The number of urea groups is 1. The smallest absolute Gasteiger partial charge is 0.319 e. The first-order valence-corrected chi connectivity index (χ1v) is 7.35. The molecule has 110 valence electrons. The Morgan fingerprint density at radius 3 is 2.90 bits per heavy atom. The summed E-state index contributed by atoms with van der Waals surface area (Å²) in [5, 5.41) is 5.73. The van der Waals surface area contributed by atoms with Crippen molar-refractivity contribution in [3.8, 4) is 0 Å². The first kappa shape index (κ1) is 14.9. The molecule has 0 unspecified atom stereocenters. The number of amides is 2. The number of ether oxygens (including phenoxy) is 1. The third-order valence-corrected chi connectivity index (χ3v) is 3.65. The normalized spacial score (nSPS) is 14.1. The number of carbonyl (C=O) groups is 1. The van der Waals surface area contributed by atoms with Crippen LogP contribution in [-0.4, -0.2) is 25.8 Å². The first-order valence-electron chi connectivity index (χ1n) is 7.35. The molecule has 2 amide bonds. The summed E-state index contributed by atoms with van der Waals surface area (Å²) in [5.74, 6) is 0.801. The van der Waals surface area contributed by atoms with E-state index >= 15 is 0 Å². The number of hydrogen-bond donors (Lipinski definition) is 2. The van der Waals surface area contributed by atoms with Crippen molar-refractivity contribution in [2.45, 2.75) is 33.1 Å². The van der Waals surface area contributed by atoms with Gasteiger partial charge in [-0.05, 0) is 56.2 Å². The molecule has 0 bridgehead atoms. The molecule has 20 heavy (non-hydrogen) atoms. The van der Waals surface area contributed by atoms with Gasteiger partial charge in [-0.3, -0.25) is 0 Å². The van der Waals surface area contributed by atoms with Crippen molar-refractivity contribution >= 4 is 11.7 Å². The van der Waals surface area contributed by atoms with E-state index in [1.807, 2.05) is 32.0 Å². The van der Waals surface area contributed by atoms with E-state index in [1.54, 1.807) is 0 Å². The number of carbonyl (C=O) groups excluding carboxylic acids is 1. The number of benzene rings is 1.